The molecule has 1 amide bonds. The lowest BCUT2D eigenvalue weighted by atomic mass is 10.1. The number of methoxy groups -OCH3 is 1. The van der Waals surface area contributed by atoms with Crippen molar-refractivity contribution >= 4 is 12.0 Å². The highest BCUT2D eigenvalue weighted by Gasteiger charge is 2.22. The Morgan fingerprint density at radius 3 is 2.83 bits per heavy atom. The van der Waals surface area contributed by atoms with Gasteiger partial charge in [-0.3, -0.25) is 4.79 Å². The molecular formula is C23H27N3O4. The van der Waals surface area contributed by atoms with Gasteiger partial charge in [0.15, 0.2) is 11.5 Å². The molecule has 0 radical (unpaired) electrons. The first-order valence-electron chi connectivity index (χ1n) is 9.90. The number of nitrogens with one attached hydrogen (secondary N) is 1. The summed E-state index contributed by atoms with van der Waals surface area (Å²) in [6.45, 7) is 7.21. The van der Waals surface area contributed by atoms with Gasteiger partial charge < -0.3 is 24.1 Å². The molecule has 2 aromatic rings. The van der Waals surface area contributed by atoms with Crippen LogP contribution in [-0.4, -0.2) is 43.4 Å². The van der Waals surface area contributed by atoms with E-state index in [9.17, 15) is 10.1 Å². The average Bonchev–Trinajstić information content (AvgIpc) is 3.03. The van der Waals surface area contributed by atoms with Crippen LogP contribution in [0.2, 0.25) is 0 Å². The summed E-state index contributed by atoms with van der Waals surface area (Å²) < 4.78 is 18.9. The van der Waals surface area contributed by atoms with Crippen molar-refractivity contribution in [2.24, 2.45) is 0 Å². The summed E-state index contributed by atoms with van der Waals surface area (Å²) >= 11 is 0. The second kappa shape index (κ2) is 9.51. The molecule has 7 nitrogen and oxygen atoms in total. The molecule has 30 heavy (non-hydrogen) atoms. The van der Waals surface area contributed by atoms with E-state index in [0.29, 0.717) is 24.7 Å². The van der Waals surface area contributed by atoms with Gasteiger partial charge >= 0.3 is 0 Å². The topological polar surface area (TPSA) is 85.5 Å². The van der Waals surface area contributed by atoms with Gasteiger partial charge in [0.1, 0.15) is 24.4 Å². The van der Waals surface area contributed by atoms with E-state index >= 15 is 0 Å². The molecule has 0 aliphatic carbocycles. The third-order valence-corrected chi connectivity index (χ3v) is 5.09. The van der Waals surface area contributed by atoms with Crippen molar-refractivity contribution in [1.82, 2.24) is 9.88 Å². The summed E-state index contributed by atoms with van der Waals surface area (Å²) in [5.74, 6) is 0.905. The number of hydrogen-bond acceptors (Lipinski definition) is 5. The Labute approximate surface area is 176 Å². The van der Waals surface area contributed by atoms with Crippen molar-refractivity contribution in [3.63, 3.8) is 0 Å². The Balaban J connectivity index is 1.68. The van der Waals surface area contributed by atoms with E-state index in [1.165, 1.54) is 0 Å². The fourth-order valence-electron chi connectivity index (χ4n) is 3.71. The summed E-state index contributed by atoms with van der Waals surface area (Å²) in [4.78, 5) is 12.6. The van der Waals surface area contributed by atoms with Crippen LogP contribution in [0.4, 0.5) is 0 Å². The molecule has 1 aliphatic heterocycles. The lowest BCUT2D eigenvalue weighted by molar-refractivity contribution is -0.117. The molecule has 7 heteroatoms. The fourth-order valence-corrected chi connectivity index (χ4v) is 3.71. The molecule has 1 aliphatic rings. The lowest BCUT2D eigenvalue weighted by Gasteiger charge is -2.26. The molecule has 3 rings (SSSR count). The first-order chi connectivity index (χ1) is 14.4. The van der Waals surface area contributed by atoms with Gasteiger partial charge in [0.25, 0.3) is 5.91 Å². The van der Waals surface area contributed by atoms with Crippen LogP contribution >= 0.6 is 0 Å². The number of ether oxygens (including phenoxy) is 3. The summed E-state index contributed by atoms with van der Waals surface area (Å²) in [6, 6.07) is 11.5. The number of hydrogen-bond donors (Lipinski definition) is 1. The molecule has 2 atom stereocenters. The van der Waals surface area contributed by atoms with E-state index in [-0.39, 0.29) is 24.3 Å². The van der Waals surface area contributed by atoms with Gasteiger partial charge in [-0.05, 0) is 50.6 Å². The third kappa shape index (κ3) is 4.66. The first-order valence-corrected chi connectivity index (χ1v) is 9.90. The predicted octanol–water partition coefficient (Wildman–Crippen LogP) is 3.18. The maximum absolute atomic E-state index is 12.6. The van der Waals surface area contributed by atoms with Crippen LogP contribution in [0.25, 0.3) is 6.08 Å². The number of aromatic nitrogens is 1. The van der Waals surface area contributed by atoms with Crippen LogP contribution in [0.5, 0.6) is 11.5 Å². The van der Waals surface area contributed by atoms with E-state index in [2.05, 4.69) is 16.8 Å². The van der Waals surface area contributed by atoms with Crippen molar-refractivity contribution in [2.45, 2.75) is 32.9 Å². The number of rotatable bonds is 7. The Kier molecular flexibility index (Phi) is 6.80. The maximum atomic E-state index is 12.6. The minimum atomic E-state index is -0.435. The summed E-state index contributed by atoms with van der Waals surface area (Å²) in [5.41, 5.74) is 2.92. The zero-order valence-corrected chi connectivity index (χ0v) is 17.8. The van der Waals surface area contributed by atoms with Gasteiger partial charge in [-0.15, -0.1) is 0 Å². The zero-order chi connectivity index (χ0) is 21.7. The third-order valence-electron chi connectivity index (χ3n) is 5.09. The number of benzene rings is 1. The van der Waals surface area contributed by atoms with Crippen molar-refractivity contribution in [3.8, 4) is 17.6 Å². The smallest absolute Gasteiger partial charge is 0.262 e. The zero-order valence-electron chi connectivity index (χ0n) is 17.8. The SMILES string of the molecule is COCC(C)n1c(C)cc(/C=C(\C#N)C(=O)NCC2COc3ccccc3O2)c1C. The molecule has 0 fully saturated rings. The monoisotopic (exact) mass is 409 g/mol. The number of carbonyl (C=O) groups is 1. The van der Waals surface area contributed by atoms with Crippen LogP contribution in [0.15, 0.2) is 35.9 Å². The number of nitriles is 1. The van der Waals surface area contributed by atoms with Gasteiger partial charge in [-0.1, -0.05) is 12.1 Å². The van der Waals surface area contributed by atoms with Crippen LogP contribution in [0, 0.1) is 25.2 Å². The summed E-state index contributed by atoms with van der Waals surface area (Å²) in [6.07, 6.45) is 1.31. The molecule has 1 aromatic carbocycles. The van der Waals surface area contributed by atoms with Gasteiger partial charge in [0, 0.05) is 18.5 Å². The van der Waals surface area contributed by atoms with Crippen molar-refractivity contribution in [1.29, 1.82) is 5.26 Å². The molecule has 0 bridgehead atoms. The second-order valence-corrected chi connectivity index (χ2v) is 7.38. The van der Waals surface area contributed by atoms with Gasteiger partial charge in [0.05, 0.1) is 19.2 Å². The minimum absolute atomic E-state index is 0.0479. The molecular weight excluding hydrogens is 382 g/mol. The van der Waals surface area contributed by atoms with Crippen LogP contribution < -0.4 is 14.8 Å². The van der Waals surface area contributed by atoms with Crippen molar-refractivity contribution < 1.29 is 19.0 Å². The quantitative estimate of drug-likeness (QED) is 0.561. The molecule has 1 N–H and O–H groups in total. The summed E-state index contributed by atoms with van der Waals surface area (Å²) in [7, 11) is 1.67. The van der Waals surface area contributed by atoms with E-state index in [1.807, 2.05) is 50.2 Å². The standard InChI is InChI=1S/C23H27N3O4/c1-15-9-18(17(3)26(15)16(2)13-28-4)10-19(11-24)23(27)25-12-20-14-29-21-7-5-6-8-22(21)30-20/h5-10,16,20H,12-14H2,1-4H3,(H,25,27)/b19-10+. The molecule has 1 aromatic heterocycles. The Hall–Kier alpha value is -3.24. The van der Waals surface area contributed by atoms with Crippen LogP contribution in [0.1, 0.15) is 29.9 Å². The highest BCUT2D eigenvalue weighted by atomic mass is 16.6. The Morgan fingerprint density at radius 1 is 1.40 bits per heavy atom. The maximum Gasteiger partial charge on any atom is 0.262 e. The lowest BCUT2D eigenvalue weighted by Crippen LogP contribution is -2.41. The van der Waals surface area contributed by atoms with E-state index < -0.39 is 5.91 Å². The van der Waals surface area contributed by atoms with Crippen LogP contribution in [-0.2, 0) is 9.53 Å². The van der Waals surface area contributed by atoms with Gasteiger partial charge in [-0.25, -0.2) is 0 Å². The minimum Gasteiger partial charge on any atom is -0.486 e. The predicted molar refractivity (Wildman–Crippen MR) is 113 cm³/mol. The summed E-state index contributed by atoms with van der Waals surface area (Å²) in [5, 5.41) is 12.3. The number of para-hydroxylation sites is 2. The van der Waals surface area contributed by atoms with Crippen molar-refractivity contribution in [3.05, 3.63) is 52.9 Å². The molecule has 2 heterocycles. The Bertz CT molecular complexity index is 987. The second-order valence-electron chi connectivity index (χ2n) is 7.38. The van der Waals surface area contributed by atoms with E-state index in [4.69, 9.17) is 14.2 Å². The van der Waals surface area contributed by atoms with Gasteiger partial charge in [-0.2, -0.15) is 5.26 Å². The molecule has 158 valence electrons. The van der Waals surface area contributed by atoms with E-state index in [1.54, 1.807) is 13.2 Å². The molecule has 2 unspecified atom stereocenters. The molecule has 0 saturated carbocycles. The highest BCUT2D eigenvalue weighted by Crippen LogP contribution is 2.30. The van der Waals surface area contributed by atoms with Crippen molar-refractivity contribution in [2.75, 3.05) is 26.9 Å². The van der Waals surface area contributed by atoms with E-state index in [0.717, 1.165) is 17.0 Å². The molecule has 0 saturated heterocycles. The number of carbonyl (C=O) groups excluding carboxylic acids is 1. The molecule has 0 spiro atoms. The number of aryl methyl sites for hydroxylation is 1. The number of fused-ring (bicyclic) bond motifs is 1. The van der Waals surface area contributed by atoms with Crippen LogP contribution in [0.3, 0.4) is 0 Å². The van der Waals surface area contributed by atoms with Gasteiger partial charge in [0.2, 0.25) is 0 Å². The first kappa shape index (κ1) is 21.5. The highest BCUT2D eigenvalue weighted by molar-refractivity contribution is 6.01. The number of nitrogens with zero attached hydrogens (tertiary/aromatic N) is 2. The Morgan fingerprint density at radius 2 is 2.13 bits per heavy atom. The largest absolute Gasteiger partial charge is 0.486 e. The average molecular weight is 409 g/mol. The fraction of sp³-hybridized carbons (Fsp3) is 0.391. The number of amides is 1. The normalized spacial score (nSPS) is 16.6.